The maximum Gasteiger partial charge on any atom is 0.415 e. The number of aliphatic hydroxyl groups is 1. The lowest BCUT2D eigenvalue weighted by atomic mass is 9.89. The number of hydrogen-bond donors (Lipinski definition) is 2. The first-order valence-corrected chi connectivity index (χ1v) is 6.79. The van der Waals surface area contributed by atoms with Gasteiger partial charge >= 0.3 is 6.18 Å². The molecule has 0 saturated heterocycles. The van der Waals surface area contributed by atoms with Gasteiger partial charge in [0.05, 0.1) is 0 Å². The van der Waals surface area contributed by atoms with Crippen molar-refractivity contribution in [2.45, 2.75) is 64.3 Å². The lowest BCUT2D eigenvalue weighted by Crippen LogP contribution is -2.42. The predicted octanol–water partition coefficient (Wildman–Crippen LogP) is 3.10. The summed E-state index contributed by atoms with van der Waals surface area (Å²) in [5.41, 5.74) is 0. The van der Waals surface area contributed by atoms with E-state index in [-0.39, 0.29) is 12.6 Å². The highest BCUT2D eigenvalue weighted by Crippen LogP contribution is 2.29. The number of nitrogens with one attached hydrogen (secondary N) is 1. The van der Waals surface area contributed by atoms with Crippen molar-refractivity contribution in [3.8, 4) is 0 Å². The summed E-state index contributed by atoms with van der Waals surface area (Å²) < 4.78 is 36.5. The predicted molar refractivity (Wildman–Crippen MR) is 65.3 cm³/mol. The van der Waals surface area contributed by atoms with Crippen LogP contribution in [0.4, 0.5) is 13.2 Å². The first kappa shape index (κ1) is 15.8. The van der Waals surface area contributed by atoms with E-state index in [4.69, 9.17) is 5.11 Å². The molecule has 0 spiro atoms. The summed E-state index contributed by atoms with van der Waals surface area (Å²) in [5, 5.41) is 11.8. The van der Waals surface area contributed by atoms with Crippen LogP contribution in [0, 0.1) is 11.8 Å². The summed E-state index contributed by atoms with van der Waals surface area (Å²) in [6.07, 6.45) is -1.65. The second kappa shape index (κ2) is 6.75. The van der Waals surface area contributed by atoms with Gasteiger partial charge in [0.25, 0.3) is 0 Å². The Morgan fingerprint density at radius 3 is 2.39 bits per heavy atom. The molecule has 0 aliphatic heterocycles. The Bertz CT molecular complexity index is 243. The molecule has 0 aromatic carbocycles. The zero-order chi connectivity index (χ0) is 13.8. The van der Waals surface area contributed by atoms with Crippen LogP contribution in [0.3, 0.4) is 0 Å². The van der Waals surface area contributed by atoms with Crippen molar-refractivity contribution in [3.05, 3.63) is 0 Å². The Balaban J connectivity index is 2.32. The smallest absolute Gasteiger partial charge is 0.382 e. The second-order valence-electron chi connectivity index (χ2n) is 5.67. The Morgan fingerprint density at radius 2 is 1.83 bits per heavy atom. The molecule has 1 rings (SSSR count). The molecule has 0 aromatic heterocycles. The minimum atomic E-state index is -4.52. The summed E-state index contributed by atoms with van der Waals surface area (Å²) in [6.45, 7) is 4.01. The SMILES string of the molecule is CC(C)C1CCCC(NCC(O)C(F)(F)F)CC1. The van der Waals surface area contributed by atoms with Crippen LogP contribution in [0.15, 0.2) is 0 Å². The van der Waals surface area contributed by atoms with E-state index in [0.717, 1.165) is 32.1 Å². The third-order valence-corrected chi connectivity index (χ3v) is 3.93. The second-order valence-corrected chi connectivity index (χ2v) is 5.67. The summed E-state index contributed by atoms with van der Waals surface area (Å²) in [6, 6.07) is 0.116. The van der Waals surface area contributed by atoms with Crippen molar-refractivity contribution in [2.24, 2.45) is 11.8 Å². The van der Waals surface area contributed by atoms with Crippen LogP contribution < -0.4 is 5.32 Å². The number of alkyl halides is 3. The molecular formula is C13H24F3NO. The van der Waals surface area contributed by atoms with Crippen molar-refractivity contribution < 1.29 is 18.3 Å². The van der Waals surface area contributed by atoms with Gasteiger partial charge in [0.2, 0.25) is 0 Å². The molecule has 1 fully saturated rings. The summed E-state index contributed by atoms with van der Waals surface area (Å²) in [4.78, 5) is 0. The van der Waals surface area contributed by atoms with Crippen LogP contribution in [0.2, 0.25) is 0 Å². The number of aliphatic hydroxyl groups excluding tert-OH is 1. The van der Waals surface area contributed by atoms with Gasteiger partial charge in [0.1, 0.15) is 0 Å². The van der Waals surface area contributed by atoms with Crippen LogP contribution in [0.5, 0.6) is 0 Å². The van der Waals surface area contributed by atoms with E-state index in [0.29, 0.717) is 11.8 Å². The molecule has 3 atom stereocenters. The average molecular weight is 267 g/mol. The highest BCUT2D eigenvalue weighted by Gasteiger charge is 2.38. The molecule has 3 unspecified atom stereocenters. The van der Waals surface area contributed by atoms with E-state index >= 15 is 0 Å². The fraction of sp³-hybridized carbons (Fsp3) is 1.00. The van der Waals surface area contributed by atoms with Crippen molar-refractivity contribution in [2.75, 3.05) is 6.54 Å². The lowest BCUT2D eigenvalue weighted by Gasteiger charge is -2.21. The van der Waals surface area contributed by atoms with Gasteiger partial charge in [-0.05, 0) is 31.1 Å². The van der Waals surface area contributed by atoms with Crippen LogP contribution >= 0.6 is 0 Å². The molecule has 5 heteroatoms. The van der Waals surface area contributed by atoms with Crippen LogP contribution in [0.25, 0.3) is 0 Å². The van der Waals surface area contributed by atoms with Crippen molar-refractivity contribution in [3.63, 3.8) is 0 Å². The normalized spacial score (nSPS) is 28.2. The van der Waals surface area contributed by atoms with Crippen molar-refractivity contribution >= 4 is 0 Å². The first-order chi connectivity index (χ1) is 8.30. The third kappa shape index (κ3) is 5.14. The Kier molecular flexibility index (Phi) is 5.92. The third-order valence-electron chi connectivity index (χ3n) is 3.93. The van der Waals surface area contributed by atoms with E-state index in [1.54, 1.807) is 0 Å². The molecule has 0 radical (unpaired) electrons. The molecule has 0 aromatic rings. The van der Waals surface area contributed by atoms with Gasteiger partial charge in [-0.25, -0.2) is 0 Å². The molecular weight excluding hydrogens is 243 g/mol. The van der Waals surface area contributed by atoms with Gasteiger partial charge in [-0.3, -0.25) is 0 Å². The van der Waals surface area contributed by atoms with Gasteiger partial charge < -0.3 is 10.4 Å². The van der Waals surface area contributed by atoms with Gasteiger partial charge in [0, 0.05) is 12.6 Å². The molecule has 1 saturated carbocycles. The zero-order valence-corrected chi connectivity index (χ0v) is 11.1. The highest BCUT2D eigenvalue weighted by atomic mass is 19.4. The Morgan fingerprint density at radius 1 is 1.17 bits per heavy atom. The maximum absolute atomic E-state index is 12.2. The molecule has 2 N–H and O–H groups in total. The fourth-order valence-electron chi connectivity index (χ4n) is 2.60. The van der Waals surface area contributed by atoms with Crippen LogP contribution in [-0.2, 0) is 0 Å². The minimum absolute atomic E-state index is 0.116. The monoisotopic (exact) mass is 267 g/mol. The number of rotatable bonds is 4. The number of halogens is 3. The van der Waals surface area contributed by atoms with Gasteiger partial charge in [0.15, 0.2) is 6.10 Å². The lowest BCUT2D eigenvalue weighted by molar-refractivity contribution is -0.202. The average Bonchev–Trinajstić information content (AvgIpc) is 2.49. The van der Waals surface area contributed by atoms with Gasteiger partial charge in [-0.15, -0.1) is 0 Å². The highest BCUT2D eigenvalue weighted by molar-refractivity contribution is 4.78. The van der Waals surface area contributed by atoms with Crippen molar-refractivity contribution in [1.82, 2.24) is 5.32 Å². The summed E-state index contributed by atoms with van der Waals surface area (Å²) >= 11 is 0. The van der Waals surface area contributed by atoms with E-state index in [9.17, 15) is 13.2 Å². The van der Waals surface area contributed by atoms with E-state index in [1.165, 1.54) is 0 Å². The topological polar surface area (TPSA) is 32.3 Å². The molecule has 0 bridgehead atoms. The Hall–Kier alpha value is -0.290. The van der Waals surface area contributed by atoms with E-state index < -0.39 is 12.3 Å². The molecule has 1 aliphatic carbocycles. The first-order valence-electron chi connectivity index (χ1n) is 6.79. The van der Waals surface area contributed by atoms with Crippen LogP contribution in [-0.4, -0.2) is 30.0 Å². The zero-order valence-electron chi connectivity index (χ0n) is 11.1. The molecule has 0 amide bonds. The summed E-state index contributed by atoms with van der Waals surface area (Å²) in [5.74, 6) is 1.33. The molecule has 108 valence electrons. The standard InChI is InChI=1S/C13H24F3NO/c1-9(2)10-4-3-5-11(7-6-10)17-8-12(18)13(14,15)16/h9-12,17-18H,3-8H2,1-2H3. The molecule has 1 aliphatic rings. The van der Waals surface area contributed by atoms with E-state index in [2.05, 4.69) is 19.2 Å². The van der Waals surface area contributed by atoms with Gasteiger partial charge in [-0.2, -0.15) is 13.2 Å². The van der Waals surface area contributed by atoms with E-state index in [1.807, 2.05) is 0 Å². The molecule has 0 heterocycles. The largest absolute Gasteiger partial charge is 0.415 e. The molecule has 2 nitrogen and oxygen atoms in total. The van der Waals surface area contributed by atoms with Gasteiger partial charge in [-0.1, -0.05) is 26.7 Å². The molecule has 18 heavy (non-hydrogen) atoms. The van der Waals surface area contributed by atoms with Crippen molar-refractivity contribution in [1.29, 1.82) is 0 Å². The van der Waals surface area contributed by atoms with Crippen LogP contribution in [0.1, 0.15) is 46.0 Å². The maximum atomic E-state index is 12.2. The summed E-state index contributed by atoms with van der Waals surface area (Å²) in [7, 11) is 0. The fourth-order valence-corrected chi connectivity index (χ4v) is 2.60. The number of hydrogen-bond acceptors (Lipinski definition) is 2. The quantitative estimate of drug-likeness (QED) is 0.767. The Labute approximate surface area is 107 Å². The minimum Gasteiger partial charge on any atom is -0.382 e.